The molecule has 0 saturated carbocycles. The maximum Gasteiger partial charge on any atom is 0.366 e. The Bertz CT molecular complexity index is 210. The standard InChI is InChI=1S/C8H12O6/c1-2-3-6-12-14-8(10)5-4-7(9)13-11/h4-5,11H,2-3,6H2,1H3. The molecule has 0 bridgehead atoms. The van der Waals surface area contributed by atoms with E-state index in [9.17, 15) is 9.59 Å². The summed E-state index contributed by atoms with van der Waals surface area (Å²) >= 11 is 0. The maximum absolute atomic E-state index is 10.7. The molecule has 14 heavy (non-hydrogen) atoms. The Morgan fingerprint density at radius 3 is 2.50 bits per heavy atom. The van der Waals surface area contributed by atoms with Crippen molar-refractivity contribution in [1.82, 2.24) is 0 Å². The first kappa shape index (κ1) is 12.6. The summed E-state index contributed by atoms with van der Waals surface area (Å²) in [6.07, 6.45) is 3.19. The molecule has 0 rings (SSSR count). The lowest BCUT2D eigenvalue weighted by Gasteiger charge is -1.98. The van der Waals surface area contributed by atoms with E-state index in [0.717, 1.165) is 18.9 Å². The predicted octanol–water partition coefficient (Wildman–Crippen LogP) is 0.834. The van der Waals surface area contributed by atoms with Gasteiger partial charge in [0.05, 0.1) is 6.61 Å². The van der Waals surface area contributed by atoms with Gasteiger partial charge in [0.1, 0.15) is 0 Å². The molecule has 0 saturated heterocycles. The van der Waals surface area contributed by atoms with E-state index < -0.39 is 11.9 Å². The van der Waals surface area contributed by atoms with E-state index in [1.54, 1.807) is 0 Å². The number of unbranched alkanes of at least 4 members (excludes halogenated alkanes) is 1. The molecule has 0 unspecified atom stereocenters. The number of hydrogen-bond donors (Lipinski definition) is 1. The van der Waals surface area contributed by atoms with E-state index in [-0.39, 0.29) is 0 Å². The quantitative estimate of drug-likeness (QED) is 0.298. The van der Waals surface area contributed by atoms with E-state index in [0.29, 0.717) is 12.7 Å². The summed E-state index contributed by atoms with van der Waals surface area (Å²) in [7, 11) is 0. The Morgan fingerprint density at radius 1 is 1.29 bits per heavy atom. The van der Waals surface area contributed by atoms with Crippen LogP contribution in [0.3, 0.4) is 0 Å². The fraction of sp³-hybridized carbons (Fsp3) is 0.500. The second kappa shape index (κ2) is 8.21. The van der Waals surface area contributed by atoms with Gasteiger partial charge in [-0.05, 0) is 6.42 Å². The van der Waals surface area contributed by atoms with Crippen molar-refractivity contribution in [2.45, 2.75) is 19.8 Å². The highest BCUT2D eigenvalue weighted by Gasteiger charge is 2.00. The summed E-state index contributed by atoms with van der Waals surface area (Å²) in [6.45, 7) is 2.27. The molecule has 0 spiro atoms. The van der Waals surface area contributed by atoms with Crippen molar-refractivity contribution < 1.29 is 29.5 Å². The smallest absolute Gasteiger partial charge is 0.296 e. The molecular formula is C8H12O6. The molecular weight excluding hydrogens is 192 g/mol. The topological polar surface area (TPSA) is 82.1 Å². The zero-order valence-corrected chi connectivity index (χ0v) is 7.76. The fourth-order valence-electron chi connectivity index (χ4n) is 0.497. The average molecular weight is 204 g/mol. The molecule has 0 aromatic carbocycles. The normalized spacial score (nSPS) is 10.1. The monoisotopic (exact) mass is 204 g/mol. The Kier molecular flexibility index (Phi) is 7.39. The first-order chi connectivity index (χ1) is 6.70. The van der Waals surface area contributed by atoms with Crippen LogP contribution in [0.1, 0.15) is 19.8 Å². The molecule has 1 N–H and O–H groups in total. The van der Waals surface area contributed by atoms with Gasteiger partial charge in [-0.25, -0.2) is 9.59 Å². The third kappa shape index (κ3) is 7.26. The minimum atomic E-state index is -1.06. The van der Waals surface area contributed by atoms with Gasteiger partial charge in [0.2, 0.25) is 0 Å². The van der Waals surface area contributed by atoms with Crippen LogP contribution in [0.5, 0.6) is 0 Å². The molecule has 0 aliphatic heterocycles. The van der Waals surface area contributed by atoms with Gasteiger partial charge in [-0.15, -0.1) is 0 Å². The van der Waals surface area contributed by atoms with Crippen LogP contribution in [-0.2, 0) is 24.3 Å². The van der Waals surface area contributed by atoms with Crippen LogP contribution in [0.25, 0.3) is 0 Å². The van der Waals surface area contributed by atoms with Crippen molar-refractivity contribution in [1.29, 1.82) is 0 Å². The molecule has 0 heterocycles. The van der Waals surface area contributed by atoms with E-state index in [4.69, 9.17) is 5.26 Å². The Hall–Kier alpha value is -1.40. The number of carbonyl (C=O) groups excluding carboxylic acids is 2. The fourth-order valence-corrected chi connectivity index (χ4v) is 0.497. The summed E-state index contributed by atoms with van der Waals surface area (Å²) in [4.78, 5) is 33.0. The zero-order chi connectivity index (χ0) is 10.8. The van der Waals surface area contributed by atoms with Crippen molar-refractivity contribution >= 4 is 11.9 Å². The zero-order valence-electron chi connectivity index (χ0n) is 7.76. The van der Waals surface area contributed by atoms with E-state index >= 15 is 0 Å². The minimum absolute atomic E-state index is 0.306. The molecule has 0 aromatic rings. The van der Waals surface area contributed by atoms with Crippen LogP contribution in [0.2, 0.25) is 0 Å². The molecule has 0 radical (unpaired) electrons. The van der Waals surface area contributed by atoms with Crippen molar-refractivity contribution in [3.05, 3.63) is 12.2 Å². The Labute approximate surface area is 80.9 Å². The van der Waals surface area contributed by atoms with Gasteiger partial charge in [-0.3, -0.25) is 9.78 Å². The Balaban J connectivity index is 3.55. The highest BCUT2D eigenvalue weighted by Crippen LogP contribution is 1.90. The second-order valence-corrected chi connectivity index (χ2v) is 2.32. The van der Waals surface area contributed by atoms with Crippen LogP contribution in [0.15, 0.2) is 12.2 Å². The van der Waals surface area contributed by atoms with Gasteiger partial charge in [0.25, 0.3) is 0 Å². The lowest BCUT2D eigenvalue weighted by atomic mass is 10.4. The largest absolute Gasteiger partial charge is 0.366 e. The number of hydrogen-bond acceptors (Lipinski definition) is 6. The van der Waals surface area contributed by atoms with E-state index in [2.05, 4.69) is 14.7 Å². The second-order valence-electron chi connectivity index (χ2n) is 2.32. The van der Waals surface area contributed by atoms with Gasteiger partial charge < -0.3 is 0 Å². The predicted molar refractivity (Wildman–Crippen MR) is 44.8 cm³/mol. The summed E-state index contributed by atoms with van der Waals surface area (Å²) in [6, 6.07) is 0. The maximum atomic E-state index is 10.7. The molecule has 0 aliphatic carbocycles. The molecule has 0 aliphatic rings. The third-order valence-electron chi connectivity index (χ3n) is 1.17. The molecule has 0 aromatic heterocycles. The third-order valence-corrected chi connectivity index (χ3v) is 1.17. The highest BCUT2D eigenvalue weighted by atomic mass is 17.2. The van der Waals surface area contributed by atoms with Gasteiger partial charge in [0.15, 0.2) is 0 Å². The van der Waals surface area contributed by atoms with Crippen molar-refractivity contribution in [2.24, 2.45) is 0 Å². The van der Waals surface area contributed by atoms with Crippen LogP contribution < -0.4 is 0 Å². The van der Waals surface area contributed by atoms with Gasteiger partial charge in [0, 0.05) is 12.2 Å². The lowest BCUT2D eigenvalue weighted by molar-refractivity contribution is -0.267. The first-order valence-corrected chi connectivity index (χ1v) is 4.07. The van der Waals surface area contributed by atoms with E-state index in [1.807, 2.05) is 6.92 Å². The van der Waals surface area contributed by atoms with Crippen LogP contribution in [0, 0.1) is 0 Å². The molecule has 0 amide bonds. The molecule has 6 nitrogen and oxygen atoms in total. The number of rotatable bonds is 6. The van der Waals surface area contributed by atoms with Gasteiger partial charge in [-0.1, -0.05) is 13.3 Å². The minimum Gasteiger partial charge on any atom is -0.296 e. The molecule has 0 fully saturated rings. The SMILES string of the molecule is CCCCOOC(=O)C=CC(=O)OO. The summed E-state index contributed by atoms with van der Waals surface area (Å²) < 4.78 is 0. The lowest BCUT2D eigenvalue weighted by Crippen LogP contribution is -2.04. The molecule has 80 valence electrons. The number of carbonyl (C=O) groups is 2. The Morgan fingerprint density at radius 2 is 1.93 bits per heavy atom. The van der Waals surface area contributed by atoms with Gasteiger partial charge >= 0.3 is 11.9 Å². The summed E-state index contributed by atoms with van der Waals surface area (Å²) in [5, 5.41) is 7.81. The molecule has 0 atom stereocenters. The van der Waals surface area contributed by atoms with Crippen molar-refractivity contribution in [2.75, 3.05) is 6.61 Å². The summed E-state index contributed by atoms with van der Waals surface area (Å²) in [5.41, 5.74) is 0. The van der Waals surface area contributed by atoms with E-state index in [1.165, 1.54) is 0 Å². The average Bonchev–Trinajstić information content (AvgIpc) is 2.21. The summed E-state index contributed by atoms with van der Waals surface area (Å²) in [5.74, 6) is -1.90. The van der Waals surface area contributed by atoms with Crippen molar-refractivity contribution in [3.63, 3.8) is 0 Å². The van der Waals surface area contributed by atoms with Crippen LogP contribution >= 0.6 is 0 Å². The van der Waals surface area contributed by atoms with Crippen molar-refractivity contribution in [3.8, 4) is 0 Å². The van der Waals surface area contributed by atoms with Crippen LogP contribution in [-0.4, -0.2) is 23.8 Å². The van der Waals surface area contributed by atoms with Gasteiger partial charge in [-0.2, -0.15) is 10.1 Å². The van der Waals surface area contributed by atoms with Crippen LogP contribution in [0.4, 0.5) is 0 Å². The first-order valence-electron chi connectivity index (χ1n) is 4.07. The molecule has 6 heteroatoms. The highest BCUT2D eigenvalue weighted by molar-refractivity contribution is 5.91.